The Morgan fingerprint density at radius 3 is 2.32 bits per heavy atom. The Kier molecular flexibility index (Phi) is 3.43. The van der Waals surface area contributed by atoms with Gasteiger partial charge in [-0.25, -0.2) is 13.2 Å². The number of benzene rings is 2. The van der Waals surface area contributed by atoms with Crippen molar-refractivity contribution in [2.45, 2.75) is 6.92 Å². The maximum atomic E-state index is 13.5. The average molecular weight is 262 g/mol. The van der Waals surface area contributed by atoms with Crippen molar-refractivity contribution >= 4 is 11.4 Å². The smallest absolute Gasteiger partial charge is 0.161 e. The summed E-state index contributed by atoms with van der Waals surface area (Å²) in [5, 5.41) is 11.5. The minimum absolute atomic E-state index is 0.221. The average Bonchev–Trinajstić information content (AvgIpc) is 2.36. The van der Waals surface area contributed by atoms with Crippen molar-refractivity contribution in [1.29, 1.82) is 5.26 Å². The maximum absolute atomic E-state index is 13.5. The summed E-state index contributed by atoms with van der Waals surface area (Å²) in [5.41, 5.74) is 1.26. The van der Waals surface area contributed by atoms with E-state index in [0.717, 1.165) is 5.56 Å². The molecule has 0 aliphatic rings. The Morgan fingerprint density at radius 2 is 1.63 bits per heavy atom. The van der Waals surface area contributed by atoms with Crippen LogP contribution in [-0.4, -0.2) is 0 Å². The zero-order valence-corrected chi connectivity index (χ0v) is 9.97. The van der Waals surface area contributed by atoms with Gasteiger partial charge in [-0.1, -0.05) is 6.07 Å². The number of aryl methyl sites for hydroxylation is 1. The van der Waals surface area contributed by atoms with Crippen LogP contribution >= 0.6 is 0 Å². The minimum Gasteiger partial charge on any atom is -0.352 e. The number of nitrogens with zero attached hydrogens (tertiary/aromatic N) is 1. The van der Waals surface area contributed by atoms with Gasteiger partial charge in [0, 0.05) is 12.1 Å². The fourth-order valence-electron chi connectivity index (χ4n) is 1.62. The van der Waals surface area contributed by atoms with E-state index in [1.54, 1.807) is 25.1 Å². The standard InChI is InChI=1S/C14H9F3N2/c1-8-2-3-9(7-18)13(4-8)19-14-6-11(16)10(15)5-12(14)17/h2-6,19H,1H3. The van der Waals surface area contributed by atoms with Gasteiger partial charge >= 0.3 is 0 Å². The molecule has 0 saturated heterocycles. The van der Waals surface area contributed by atoms with Crippen molar-refractivity contribution in [1.82, 2.24) is 0 Å². The molecular formula is C14H9F3N2. The molecule has 0 amide bonds. The molecule has 0 heterocycles. The highest BCUT2D eigenvalue weighted by Crippen LogP contribution is 2.25. The number of rotatable bonds is 2. The Bertz CT molecular complexity index is 675. The fraction of sp³-hybridized carbons (Fsp3) is 0.0714. The van der Waals surface area contributed by atoms with E-state index in [1.807, 2.05) is 6.07 Å². The Balaban J connectivity index is 2.45. The second-order valence-electron chi connectivity index (χ2n) is 4.03. The van der Waals surface area contributed by atoms with Crippen molar-refractivity contribution in [3.8, 4) is 6.07 Å². The summed E-state index contributed by atoms with van der Waals surface area (Å²) in [7, 11) is 0. The normalized spacial score (nSPS) is 10.1. The topological polar surface area (TPSA) is 35.8 Å². The molecule has 96 valence electrons. The van der Waals surface area contributed by atoms with Crippen LogP contribution in [-0.2, 0) is 0 Å². The first-order valence-corrected chi connectivity index (χ1v) is 5.43. The van der Waals surface area contributed by atoms with Crippen LogP contribution < -0.4 is 5.32 Å². The Morgan fingerprint density at radius 1 is 0.947 bits per heavy atom. The van der Waals surface area contributed by atoms with Crippen LogP contribution in [0.5, 0.6) is 0 Å². The lowest BCUT2D eigenvalue weighted by atomic mass is 10.1. The first-order valence-electron chi connectivity index (χ1n) is 5.43. The fourth-order valence-corrected chi connectivity index (χ4v) is 1.62. The van der Waals surface area contributed by atoms with E-state index in [2.05, 4.69) is 5.32 Å². The molecule has 0 spiro atoms. The van der Waals surface area contributed by atoms with Gasteiger partial charge < -0.3 is 5.32 Å². The number of anilines is 2. The number of nitriles is 1. The molecule has 2 aromatic carbocycles. The zero-order chi connectivity index (χ0) is 14.0. The van der Waals surface area contributed by atoms with Gasteiger partial charge in [0.2, 0.25) is 0 Å². The van der Waals surface area contributed by atoms with Gasteiger partial charge in [0.15, 0.2) is 11.6 Å². The highest BCUT2D eigenvalue weighted by Gasteiger charge is 2.11. The van der Waals surface area contributed by atoms with Gasteiger partial charge in [-0.2, -0.15) is 5.26 Å². The highest BCUT2D eigenvalue weighted by molar-refractivity contribution is 5.67. The summed E-state index contributed by atoms with van der Waals surface area (Å²) >= 11 is 0. The molecule has 0 aliphatic heterocycles. The predicted molar refractivity (Wildman–Crippen MR) is 65.5 cm³/mol. The quantitative estimate of drug-likeness (QED) is 0.829. The van der Waals surface area contributed by atoms with E-state index in [4.69, 9.17) is 5.26 Å². The van der Waals surface area contributed by atoms with Gasteiger partial charge in [-0.15, -0.1) is 0 Å². The summed E-state index contributed by atoms with van der Waals surface area (Å²) in [4.78, 5) is 0. The van der Waals surface area contributed by atoms with Gasteiger partial charge in [0.1, 0.15) is 11.9 Å². The molecule has 1 N–H and O–H groups in total. The molecule has 0 atom stereocenters. The molecule has 0 fully saturated rings. The molecule has 2 nitrogen and oxygen atoms in total. The van der Waals surface area contributed by atoms with Gasteiger partial charge in [-0.05, 0) is 24.6 Å². The summed E-state index contributed by atoms with van der Waals surface area (Å²) in [6.07, 6.45) is 0. The third kappa shape index (κ3) is 2.68. The van der Waals surface area contributed by atoms with E-state index >= 15 is 0 Å². The summed E-state index contributed by atoms with van der Waals surface area (Å²) in [5.74, 6) is -3.34. The van der Waals surface area contributed by atoms with Crippen molar-refractivity contribution in [3.63, 3.8) is 0 Å². The SMILES string of the molecule is Cc1ccc(C#N)c(Nc2cc(F)c(F)cc2F)c1. The number of nitrogens with one attached hydrogen (secondary N) is 1. The van der Waals surface area contributed by atoms with Crippen LogP contribution in [0.1, 0.15) is 11.1 Å². The lowest BCUT2D eigenvalue weighted by Crippen LogP contribution is -1.99. The lowest BCUT2D eigenvalue weighted by Gasteiger charge is -2.10. The molecule has 0 aromatic heterocycles. The first kappa shape index (κ1) is 13.0. The summed E-state index contributed by atoms with van der Waals surface area (Å²) < 4.78 is 39.4. The van der Waals surface area contributed by atoms with E-state index in [-0.39, 0.29) is 11.3 Å². The van der Waals surface area contributed by atoms with E-state index < -0.39 is 17.5 Å². The number of halogens is 3. The monoisotopic (exact) mass is 262 g/mol. The maximum Gasteiger partial charge on any atom is 0.161 e. The molecule has 19 heavy (non-hydrogen) atoms. The molecule has 2 aromatic rings. The van der Waals surface area contributed by atoms with Crippen LogP contribution in [0.3, 0.4) is 0 Å². The van der Waals surface area contributed by atoms with Crippen molar-refractivity contribution in [2.24, 2.45) is 0 Å². The highest BCUT2D eigenvalue weighted by atomic mass is 19.2. The molecule has 2 rings (SSSR count). The van der Waals surface area contributed by atoms with Crippen molar-refractivity contribution in [3.05, 3.63) is 58.9 Å². The Labute approximate surface area is 108 Å². The summed E-state index contributed by atoms with van der Waals surface area (Å²) in [6, 6.07) is 8.03. The van der Waals surface area contributed by atoms with Crippen LogP contribution in [0, 0.1) is 35.7 Å². The van der Waals surface area contributed by atoms with E-state index in [9.17, 15) is 13.2 Å². The van der Waals surface area contributed by atoms with E-state index in [1.165, 1.54) is 0 Å². The molecule has 0 radical (unpaired) electrons. The molecule has 0 unspecified atom stereocenters. The third-order valence-electron chi connectivity index (χ3n) is 2.57. The van der Waals surface area contributed by atoms with E-state index in [0.29, 0.717) is 17.8 Å². The van der Waals surface area contributed by atoms with Crippen LogP contribution in [0.4, 0.5) is 24.5 Å². The second kappa shape index (κ2) is 5.02. The number of hydrogen-bond acceptors (Lipinski definition) is 2. The molecule has 0 aliphatic carbocycles. The largest absolute Gasteiger partial charge is 0.352 e. The molecule has 5 heteroatoms. The van der Waals surface area contributed by atoms with Gasteiger partial charge in [0.05, 0.1) is 16.9 Å². The minimum atomic E-state index is -1.26. The second-order valence-corrected chi connectivity index (χ2v) is 4.03. The summed E-state index contributed by atoms with van der Waals surface area (Å²) in [6.45, 7) is 1.80. The van der Waals surface area contributed by atoms with Crippen molar-refractivity contribution in [2.75, 3.05) is 5.32 Å². The van der Waals surface area contributed by atoms with Gasteiger partial charge in [-0.3, -0.25) is 0 Å². The van der Waals surface area contributed by atoms with Gasteiger partial charge in [0.25, 0.3) is 0 Å². The van der Waals surface area contributed by atoms with Crippen LogP contribution in [0.25, 0.3) is 0 Å². The third-order valence-corrected chi connectivity index (χ3v) is 2.57. The molecule has 0 bridgehead atoms. The predicted octanol–water partition coefficient (Wildman–Crippen LogP) is 4.03. The van der Waals surface area contributed by atoms with Crippen molar-refractivity contribution < 1.29 is 13.2 Å². The zero-order valence-electron chi connectivity index (χ0n) is 9.97. The molecule has 0 saturated carbocycles. The molecular weight excluding hydrogens is 253 g/mol. The Hall–Kier alpha value is -2.48. The van der Waals surface area contributed by atoms with Crippen LogP contribution in [0.15, 0.2) is 30.3 Å². The number of hydrogen-bond donors (Lipinski definition) is 1. The first-order chi connectivity index (χ1) is 9.01. The lowest BCUT2D eigenvalue weighted by molar-refractivity contribution is 0.496. The van der Waals surface area contributed by atoms with Crippen LogP contribution in [0.2, 0.25) is 0 Å².